The molecular formula is C19H20N2O6S. The number of carboxylic acid groups (broad SMARTS) is 1. The number of carbonyl (C=O) groups excluding carboxylic acids is 1. The topological polar surface area (TPSA) is 104 Å². The van der Waals surface area contributed by atoms with Gasteiger partial charge in [-0.15, -0.1) is 0 Å². The van der Waals surface area contributed by atoms with Gasteiger partial charge in [0.1, 0.15) is 10.6 Å². The van der Waals surface area contributed by atoms with Gasteiger partial charge < -0.3 is 9.84 Å². The Morgan fingerprint density at radius 3 is 2.36 bits per heavy atom. The number of fused-ring (bicyclic) bond motifs is 1. The fraction of sp³-hybridized carbons (Fsp3) is 0.263. The summed E-state index contributed by atoms with van der Waals surface area (Å²) in [5, 5.41) is 8.85. The molecule has 0 aromatic heterocycles. The fourth-order valence-electron chi connectivity index (χ4n) is 2.94. The first-order valence-corrected chi connectivity index (χ1v) is 9.99. The van der Waals surface area contributed by atoms with Gasteiger partial charge in [-0.3, -0.25) is 9.69 Å². The first kappa shape index (κ1) is 19.7. The van der Waals surface area contributed by atoms with Gasteiger partial charge in [0.2, 0.25) is 0 Å². The highest BCUT2D eigenvalue weighted by Crippen LogP contribution is 2.38. The van der Waals surface area contributed by atoms with Gasteiger partial charge in [-0.1, -0.05) is 12.1 Å². The average Bonchev–Trinajstić information content (AvgIpc) is 2.60. The zero-order valence-electron chi connectivity index (χ0n) is 15.6. The van der Waals surface area contributed by atoms with Crippen LogP contribution in [0.5, 0.6) is 5.75 Å². The molecule has 2 aromatic carbocycles. The molecule has 9 heteroatoms. The number of amides is 2. The molecule has 28 heavy (non-hydrogen) atoms. The molecule has 0 bridgehead atoms. The lowest BCUT2D eigenvalue weighted by molar-refractivity contribution is -0.136. The minimum atomic E-state index is -4.13. The van der Waals surface area contributed by atoms with Crippen molar-refractivity contribution in [3.05, 3.63) is 48.0 Å². The Kier molecular flexibility index (Phi) is 5.03. The Labute approximate surface area is 163 Å². The first-order valence-electron chi connectivity index (χ1n) is 8.55. The van der Waals surface area contributed by atoms with Crippen LogP contribution < -0.4 is 13.9 Å². The van der Waals surface area contributed by atoms with Crippen molar-refractivity contribution in [3.8, 4) is 5.75 Å². The monoisotopic (exact) mass is 404 g/mol. The van der Waals surface area contributed by atoms with Crippen LogP contribution in [-0.2, 0) is 21.2 Å². The number of ether oxygens (including phenoxy) is 1. The number of hydrogen-bond donors (Lipinski definition) is 1. The third-order valence-electron chi connectivity index (χ3n) is 4.17. The summed E-state index contributed by atoms with van der Waals surface area (Å²) in [5.74, 6) is -0.530. The molecule has 2 aromatic rings. The lowest BCUT2D eigenvalue weighted by Crippen LogP contribution is -2.49. The normalized spacial score (nSPS) is 15.5. The van der Waals surface area contributed by atoms with Gasteiger partial charge in [-0.05, 0) is 43.7 Å². The van der Waals surface area contributed by atoms with Crippen LogP contribution >= 0.6 is 0 Å². The van der Waals surface area contributed by atoms with Gasteiger partial charge in [-0.2, -0.15) is 4.31 Å². The van der Waals surface area contributed by atoms with E-state index in [9.17, 15) is 18.0 Å². The van der Waals surface area contributed by atoms with Crippen LogP contribution in [-0.4, -0.2) is 38.7 Å². The quantitative estimate of drug-likeness (QED) is 0.822. The average molecular weight is 404 g/mol. The molecule has 1 aliphatic rings. The zero-order chi connectivity index (χ0) is 20.6. The van der Waals surface area contributed by atoms with E-state index in [0.717, 1.165) is 0 Å². The van der Waals surface area contributed by atoms with Crippen LogP contribution in [0.2, 0.25) is 0 Å². The number of hydrogen-bond acceptors (Lipinski definition) is 5. The predicted molar refractivity (Wildman–Crippen MR) is 103 cm³/mol. The molecule has 0 saturated carbocycles. The van der Waals surface area contributed by atoms with E-state index in [0.29, 0.717) is 15.6 Å². The van der Waals surface area contributed by atoms with Crippen LogP contribution in [0.15, 0.2) is 47.4 Å². The molecule has 2 amide bonds. The van der Waals surface area contributed by atoms with Crippen molar-refractivity contribution in [2.75, 3.05) is 16.3 Å². The smallest absolute Gasteiger partial charge is 0.342 e. The molecular weight excluding hydrogens is 384 g/mol. The number of sulfonamides is 1. The Balaban J connectivity index is 2.04. The van der Waals surface area contributed by atoms with Crippen LogP contribution in [0.4, 0.5) is 16.2 Å². The second-order valence-corrected chi connectivity index (χ2v) is 8.40. The third kappa shape index (κ3) is 3.53. The zero-order valence-corrected chi connectivity index (χ0v) is 16.4. The van der Waals surface area contributed by atoms with Crippen molar-refractivity contribution in [1.29, 1.82) is 0 Å². The highest BCUT2D eigenvalue weighted by molar-refractivity contribution is 7.94. The summed E-state index contributed by atoms with van der Waals surface area (Å²) in [6.07, 6.45) is -0.289. The molecule has 0 spiro atoms. The minimum Gasteiger partial charge on any atom is -0.491 e. The molecule has 0 fully saturated rings. The van der Waals surface area contributed by atoms with E-state index in [2.05, 4.69) is 0 Å². The fourth-order valence-corrected chi connectivity index (χ4v) is 4.56. The van der Waals surface area contributed by atoms with Crippen LogP contribution in [0.3, 0.4) is 0 Å². The van der Waals surface area contributed by atoms with Gasteiger partial charge in [0.05, 0.1) is 23.9 Å². The summed E-state index contributed by atoms with van der Waals surface area (Å²) in [6, 6.07) is 9.57. The highest BCUT2D eigenvalue weighted by atomic mass is 32.2. The number of benzene rings is 2. The summed E-state index contributed by atoms with van der Waals surface area (Å²) >= 11 is 0. The molecule has 0 saturated heterocycles. The maximum atomic E-state index is 13.1. The number of nitrogens with zero attached hydrogens (tertiary/aromatic N) is 2. The third-order valence-corrected chi connectivity index (χ3v) is 5.92. The molecule has 0 aliphatic carbocycles. The minimum absolute atomic E-state index is 0.0136. The van der Waals surface area contributed by atoms with E-state index < -0.39 is 22.0 Å². The Morgan fingerprint density at radius 1 is 1.14 bits per heavy atom. The number of aliphatic carboxylic acids is 1. The molecule has 8 nitrogen and oxygen atoms in total. The summed E-state index contributed by atoms with van der Waals surface area (Å²) in [6.45, 7) is 3.70. The molecule has 0 unspecified atom stereocenters. The van der Waals surface area contributed by atoms with Crippen molar-refractivity contribution in [2.45, 2.75) is 31.3 Å². The Hall–Kier alpha value is -3.07. The van der Waals surface area contributed by atoms with E-state index in [1.807, 2.05) is 13.8 Å². The molecule has 0 atom stereocenters. The summed E-state index contributed by atoms with van der Waals surface area (Å²) in [4.78, 5) is 24.9. The maximum absolute atomic E-state index is 13.1. The number of carbonyl (C=O) groups is 2. The van der Waals surface area contributed by atoms with E-state index in [4.69, 9.17) is 9.84 Å². The van der Waals surface area contributed by atoms with Crippen molar-refractivity contribution >= 4 is 33.4 Å². The van der Waals surface area contributed by atoms with E-state index >= 15 is 0 Å². The summed E-state index contributed by atoms with van der Waals surface area (Å²) < 4.78 is 32.5. The van der Waals surface area contributed by atoms with Crippen LogP contribution in [0.25, 0.3) is 0 Å². The lowest BCUT2D eigenvalue weighted by Gasteiger charge is -2.34. The number of carboxylic acids is 1. The van der Waals surface area contributed by atoms with Crippen LogP contribution in [0.1, 0.15) is 19.4 Å². The number of anilines is 2. The first-order chi connectivity index (χ1) is 13.1. The highest BCUT2D eigenvalue weighted by Gasteiger charge is 2.41. The molecule has 1 heterocycles. The van der Waals surface area contributed by atoms with Crippen molar-refractivity contribution in [2.24, 2.45) is 0 Å². The molecule has 3 rings (SSSR count). The van der Waals surface area contributed by atoms with Gasteiger partial charge in [0.25, 0.3) is 10.0 Å². The summed E-state index contributed by atoms with van der Waals surface area (Å²) in [7, 11) is -2.64. The van der Waals surface area contributed by atoms with Gasteiger partial charge in [0, 0.05) is 13.1 Å². The maximum Gasteiger partial charge on any atom is 0.342 e. The van der Waals surface area contributed by atoms with Crippen molar-refractivity contribution in [3.63, 3.8) is 0 Å². The summed E-state index contributed by atoms with van der Waals surface area (Å²) in [5.41, 5.74) is 0.878. The molecule has 1 aliphatic heterocycles. The van der Waals surface area contributed by atoms with Crippen LogP contribution in [0, 0.1) is 0 Å². The second-order valence-electron chi connectivity index (χ2n) is 6.64. The van der Waals surface area contributed by atoms with Crippen molar-refractivity contribution < 1.29 is 27.9 Å². The number of urea groups is 1. The van der Waals surface area contributed by atoms with E-state index in [-0.39, 0.29) is 28.8 Å². The molecule has 148 valence electrons. The van der Waals surface area contributed by atoms with Gasteiger partial charge in [-0.25, -0.2) is 13.2 Å². The molecule has 1 N–H and O–H groups in total. The Bertz CT molecular complexity index is 1030. The largest absolute Gasteiger partial charge is 0.491 e. The Morgan fingerprint density at radius 2 is 1.79 bits per heavy atom. The van der Waals surface area contributed by atoms with Gasteiger partial charge in [0.15, 0.2) is 0 Å². The van der Waals surface area contributed by atoms with Crippen molar-refractivity contribution in [1.82, 2.24) is 0 Å². The SMILES string of the molecule is CC(C)Oc1ccc2c(c1)N(C)C(=O)N(c1ccc(CC(=O)O)cc1)S2(=O)=O. The van der Waals surface area contributed by atoms with E-state index in [1.165, 1.54) is 48.3 Å². The van der Waals surface area contributed by atoms with E-state index in [1.54, 1.807) is 6.07 Å². The second kappa shape index (κ2) is 7.16. The molecule has 0 radical (unpaired) electrons. The van der Waals surface area contributed by atoms with Gasteiger partial charge >= 0.3 is 12.0 Å². The lowest BCUT2D eigenvalue weighted by atomic mass is 10.1. The predicted octanol–water partition coefficient (Wildman–Crippen LogP) is 2.87. The number of rotatable bonds is 5. The standard InChI is InChI=1S/C19H20N2O6S/c1-12(2)27-15-8-9-17-16(11-15)20(3)19(24)21(28(17,25)26)14-6-4-13(5-7-14)10-18(22)23/h4-9,11-12H,10H2,1-3H3,(H,22,23).